The minimum absolute atomic E-state index is 0.0858. The van der Waals surface area contributed by atoms with Gasteiger partial charge in [-0.05, 0) is 60.3 Å². The van der Waals surface area contributed by atoms with Gasteiger partial charge in [0.15, 0.2) is 0 Å². The molecule has 1 aliphatic heterocycles. The van der Waals surface area contributed by atoms with Crippen LogP contribution in [0.4, 0.5) is 15.9 Å². The minimum Gasteiger partial charge on any atom is -0.368 e. The molecule has 5 nitrogen and oxygen atoms in total. The predicted molar refractivity (Wildman–Crippen MR) is 135 cm³/mol. The molecule has 0 unspecified atom stereocenters. The van der Waals surface area contributed by atoms with E-state index in [-0.39, 0.29) is 17.8 Å². The molecule has 0 spiro atoms. The SMILES string of the molecule is C[C@H](NC(=O)c1ccc2ccnc(N3CCN(c4ccc(F)cc4)CC3)c2c1)c1ccccc1. The smallest absolute Gasteiger partial charge is 0.251 e. The molecule has 1 aromatic heterocycles. The Balaban J connectivity index is 1.34. The molecule has 4 aromatic rings. The van der Waals surface area contributed by atoms with Crippen molar-refractivity contribution < 1.29 is 9.18 Å². The maximum atomic E-state index is 13.3. The lowest BCUT2D eigenvalue weighted by molar-refractivity contribution is 0.0940. The Labute approximate surface area is 198 Å². The number of nitrogens with zero attached hydrogens (tertiary/aromatic N) is 3. The van der Waals surface area contributed by atoms with Crippen LogP contribution in [0.1, 0.15) is 28.9 Å². The number of pyridine rings is 1. The van der Waals surface area contributed by atoms with E-state index >= 15 is 0 Å². The van der Waals surface area contributed by atoms with Crippen LogP contribution in [-0.4, -0.2) is 37.1 Å². The minimum atomic E-state index is -0.222. The summed E-state index contributed by atoms with van der Waals surface area (Å²) in [5, 5.41) is 5.12. The maximum absolute atomic E-state index is 13.3. The number of carbonyl (C=O) groups excluding carboxylic acids is 1. The number of halogens is 1. The normalized spacial score (nSPS) is 14.8. The highest BCUT2D eigenvalue weighted by Gasteiger charge is 2.21. The Bertz CT molecular complexity index is 1290. The van der Waals surface area contributed by atoms with Crippen LogP contribution in [0.25, 0.3) is 10.8 Å². The lowest BCUT2D eigenvalue weighted by Gasteiger charge is -2.37. The number of piperazine rings is 1. The van der Waals surface area contributed by atoms with Gasteiger partial charge >= 0.3 is 0 Å². The molecule has 1 aliphatic rings. The number of fused-ring (bicyclic) bond motifs is 1. The van der Waals surface area contributed by atoms with Gasteiger partial charge in [0.25, 0.3) is 5.91 Å². The average Bonchev–Trinajstić information content (AvgIpc) is 2.89. The van der Waals surface area contributed by atoms with Crippen molar-refractivity contribution >= 4 is 28.2 Å². The van der Waals surface area contributed by atoms with E-state index in [1.807, 2.05) is 79.9 Å². The van der Waals surface area contributed by atoms with E-state index in [4.69, 9.17) is 0 Å². The lowest BCUT2D eigenvalue weighted by atomic mass is 10.1. The summed E-state index contributed by atoms with van der Waals surface area (Å²) in [4.78, 5) is 22.2. The third-order valence-corrected chi connectivity index (χ3v) is 6.43. The molecule has 0 radical (unpaired) electrons. The molecule has 6 heteroatoms. The van der Waals surface area contributed by atoms with Gasteiger partial charge in [0.1, 0.15) is 11.6 Å². The fourth-order valence-electron chi connectivity index (χ4n) is 4.48. The second kappa shape index (κ2) is 9.51. The van der Waals surface area contributed by atoms with Crippen molar-refractivity contribution in [3.8, 4) is 0 Å². The van der Waals surface area contributed by atoms with Crippen LogP contribution in [0.15, 0.2) is 85.1 Å². The van der Waals surface area contributed by atoms with Gasteiger partial charge in [-0.1, -0.05) is 36.4 Å². The zero-order valence-corrected chi connectivity index (χ0v) is 19.1. The van der Waals surface area contributed by atoms with Crippen LogP contribution in [0.3, 0.4) is 0 Å². The van der Waals surface area contributed by atoms with E-state index in [0.717, 1.165) is 54.0 Å². The van der Waals surface area contributed by atoms with Crippen LogP contribution in [0.5, 0.6) is 0 Å². The predicted octanol–water partition coefficient (Wildman–Crippen LogP) is 5.19. The first kappa shape index (κ1) is 21.9. The zero-order valence-electron chi connectivity index (χ0n) is 19.1. The Hall–Kier alpha value is -3.93. The summed E-state index contributed by atoms with van der Waals surface area (Å²) in [5.41, 5.74) is 2.71. The van der Waals surface area contributed by atoms with Crippen LogP contribution in [-0.2, 0) is 0 Å². The molecule has 1 amide bonds. The van der Waals surface area contributed by atoms with Crippen molar-refractivity contribution in [3.63, 3.8) is 0 Å². The number of nitrogens with one attached hydrogen (secondary N) is 1. The van der Waals surface area contributed by atoms with Gasteiger partial charge in [0.05, 0.1) is 6.04 Å². The molecule has 0 saturated carbocycles. The van der Waals surface area contributed by atoms with E-state index in [1.54, 1.807) is 0 Å². The molecule has 172 valence electrons. The van der Waals surface area contributed by atoms with Crippen molar-refractivity contribution in [2.75, 3.05) is 36.0 Å². The number of benzene rings is 3. The number of anilines is 2. The van der Waals surface area contributed by atoms with Crippen molar-refractivity contribution in [3.05, 3.63) is 102 Å². The van der Waals surface area contributed by atoms with E-state index < -0.39 is 0 Å². The molecule has 34 heavy (non-hydrogen) atoms. The van der Waals surface area contributed by atoms with E-state index in [1.165, 1.54) is 12.1 Å². The first-order chi connectivity index (χ1) is 16.6. The van der Waals surface area contributed by atoms with Crippen molar-refractivity contribution in [2.24, 2.45) is 0 Å². The maximum Gasteiger partial charge on any atom is 0.251 e. The summed E-state index contributed by atoms with van der Waals surface area (Å²) >= 11 is 0. The fourth-order valence-corrected chi connectivity index (χ4v) is 4.48. The van der Waals surface area contributed by atoms with Crippen LogP contribution in [0, 0.1) is 5.82 Å². The summed E-state index contributed by atoms with van der Waals surface area (Å²) in [7, 11) is 0. The molecule has 0 aliphatic carbocycles. The van der Waals surface area contributed by atoms with Gasteiger partial charge < -0.3 is 15.1 Å². The number of carbonyl (C=O) groups is 1. The number of amides is 1. The first-order valence-corrected chi connectivity index (χ1v) is 11.6. The quantitative estimate of drug-likeness (QED) is 0.451. The molecular weight excluding hydrogens is 427 g/mol. The van der Waals surface area contributed by atoms with Crippen molar-refractivity contribution in [1.82, 2.24) is 10.3 Å². The summed E-state index contributed by atoms with van der Waals surface area (Å²) < 4.78 is 13.3. The second-order valence-corrected chi connectivity index (χ2v) is 8.63. The standard InChI is InChI=1S/C28H27FN4O/c1-20(21-5-3-2-4-6-21)31-28(34)23-8-7-22-13-14-30-27(26(22)19-23)33-17-15-32(16-18-33)25-11-9-24(29)10-12-25/h2-14,19-20H,15-18H2,1H3,(H,31,34)/t20-/m0/s1. The number of aromatic nitrogens is 1. The lowest BCUT2D eigenvalue weighted by Crippen LogP contribution is -2.46. The summed E-state index contributed by atoms with van der Waals surface area (Å²) in [6.45, 7) is 5.22. The monoisotopic (exact) mass is 454 g/mol. The second-order valence-electron chi connectivity index (χ2n) is 8.63. The van der Waals surface area contributed by atoms with Crippen molar-refractivity contribution in [2.45, 2.75) is 13.0 Å². The van der Waals surface area contributed by atoms with E-state index in [0.29, 0.717) is 5.56 Å². The number of hydrogen-bond donors (Lipinski definition) is 1. The Morgan fingerprint density at radius 3 is 2.35 bits per heavy atom. The van der Waals surface area contributed by atoms with Gasteiger partial charge in [-0.2, -0.15) is 0 Å². The molecule has 2 heterocycles. The van der Waals surface area contributed by atoms with E-state index in [2.05, 4.69) is 20.1 Å². The molecule has 1 atom stereocenters. The van der Waals surface area contributed by atoms with Gasteiger partial charge in [-0.25, -0.2) is 9.37 Å². The highest BCUT2D eigenvalue weighted by Crippen LogP contribution is 2.28. The van der Waals surface area contributed by atoms with Gasteiger partial charge in [0, 0.05) is 49.0 Å². The Kier molecular flexibility index (Phi) is 6.12. The third kappa shape index (κ3) is 4.57. The molecule has 1 saturated heterocycles. The topological polar surface area (TPSA) is 48.5 Å². The molecule has 0 bridgehead atoms. The molecule has 5 rings (SSSR count). The number of rotatable bonds is 5. The Morgan fingerprint density at radius 1 is 0.912 bits per heavy atom. The van der Waals surface area contributed by atoms with Crippen LogP contribution < -0.4 is 15.1 Å². The highest BCUT2D eigenvalue weighted by atomic mass is 19.1. The zero-order chi connectivity index (χ0) is 23.5. The fraction of sp³-hybridized carbons (Fsp3) is 0.214. The molecule has 3 aromatic carbocycles. The third-order valence-electron chi connectivity index (χ3n) is 6.43. The van der Waals surface area contributed by atoms with Crippen LogP contribution in [0.2, 0.25) is 0 Å². The van der Waals surface area contributed by atoms with Gasteiger partial charge in [0.2, 0.25) is 0 Å². The number of hydrogen-bond acceptors (Lipinski definition) is 4. The summed E-state index contributed by atoms with van der Waals surface area (Å²) in [6.07, 6.45) is 1.82. The summed E-state index contributed by atoms with van der Waals surface area (Å²) in [6, 6.07) is 24.3. The highest BCUT2D eigenvalue weighted by molar-refractivity contribution is 6.01. The first-order valence-electron chi connectivity index (χ1n) is 11.6. The van der Waals surface area contributed by atoms with E-state index in [9.17, 15) is 9.18 Å². The average molecular weight is 455 g/mol. The summed E-state index contributed by atoms with van der Waals surface area (Å²) in [5.74, 6) is 0.566. The molecule has 1 N–H and O–H groups in total. The molecule has 1 fully saturated rings. The van der Waals surface area contributed by atoms with Gasteiger partial charge in [-0.15, -0.1) is 0 Å². The largest absolute Gasteiger partial charge is 0.368 e. The Morgan fingerprint density at radius 2 is 1.62 bits per heavy atom. The van der Waals surface area contributed by atoms with Crippen molar-refractivity contribution in [1.29, 1.82) is 0 Å². The van der Waals surface area contributed by atoms with Crippen LogP contribution >= 0.6 is 0 Å². The van der Waals surface area contributed by atoms with Gasteiger partial charge in [-0.3, -0.25) is 4.79 Å². The molecular formula is C28H27FN4O.